The smallest absolute Gasteiger partial charge is 0.259 e. The van der Waals surface area contributed by atoms with Crippen LogP contribution in [0.5, 0.6) is 0 Å². The van der Waals surface area contributed by atoms with E-state index in [0.717, 1.165) is 15.7 Å². The molecule has 2 amide bonds. The first-order chi connectivity index (χ1) is 13.4. The number of hydrogen-bond donors (Lipinski definition) is 2. The third-order valence-corrected chi connectivity index (χ3v) is 6.22. The van der Waals surface area contributed by atoms with Gasteiger partial charge < -0.3 is 5.32 Å². The van der Waals surface area contributed by atoms with E-state index in [4.69, 9.17) is 11.6 Å². The fraction of sp³-hybridized carbons (Fsp3) is 0.111. The largest absolute Gasteiger partial charge is 0.325 e. The van der Waals surface area contributed by atoms with Crippen molar-refractivity contribution in [3.63, 3.8) is 0 Å². The maximum atomic E-state index is 12.3. The minimum absolute atomic E-state index is 0.141. The third kappa shape index (κ3) is 5.78. The minimum Gasteiger partial charge on any atom is -0.325 e. The molecule has 2 N–H and O–H groups in total. The van der Waals surface area contributed by atoms with Crippen LogP contribution in [0.2, 0.25) is 5.02 Å². The van der Waals surface area contributed by atoms with Crippen LogP contribution in [0.4, 0.5) is 10.8 Å². The number of aryl methyl sites for hydroxylation is 1. The fourth-order valence-corrected chi connectivity index (χ4v) is 4.31. The third-order valence-electron chi connectivity index (χ3n) is 3.43. The number of carbonyl (C=O) groups excluding carboxylic acids is 2. The molecule has 0 saturated carbocycles. The first kappa shape index (κ1) is 20.8. The van der Waals surface area contributed by atoms with Crippen LogP contribution in [0.25, 0.3) is 0 Å². The van der Waals surface area contributed by atoms with E-state index in [1.165, 1.54) is 23.1 Å². The number of benzene rings is 2. The Morgan fingerprint density at radius 2 is 2.00 bits per heavy atom. The van der Waals surface area contributed by atoms with Gasteiger partial charge in [0.1, 0.15) is 0 Å². The summed E-state index contributed by atoms with van der Waals surface area (Å²) >= 11 is 11.8. The first-order valence-electron chi connectivity index (χ1n) is 8.00. The SMILES string of the molecule is Cc1cccc(NC(=O)CSc2nnc(NC(=O)c3cc(Br)ccc3Cl)s2)c1. The molecule has 28 heavy (non-hydrogen) atoms. The molecule has 10 heteroatoms. The van der Waals surface area contributed by atoms with Gasteiger partial charge in [0.25, 0.3) is 5.91 Å². The summed E-state index contributed by atoms with van der Waals surface area (Å²) in [4.78, 5) is 24.4. The van der Waals surface area contributed by atoms with Crippen molar-refractivity contribution in [3.8, 4) is 0 Å². The average molecular weight is 498 g/mol. The molecule has 0 aliphatic heterocycles. The molecule has 3 rings (SSSR count). The summed E-state index contributed by atoms with van der Waals surface area (Å²) in [6, 6.07) is 12.6. The van der Waals surface area contributed by atoms with Crippen LogP contribution >= 0.6 is 50.6 Å². The number of anilines is 2. The minimum atomic E-state index is -0.379. The van der Waals surface area contributed by atoms with Crippen LogP contribution in [-0.4, -0.2) is 27.8 Å². The second-order valence-corrected chi connectivity index (χ2v) is 9.18. The summed E-state index contributed by atoms with van der Waals surface area (Å²) in [7, 11) is 0. The summed E-state index contributed by atoms with van der Waals surface area (Å²) < 4.78 is 1.32. The Hall–Kier alpha value is -1.94. The monoisotopic (exact) mass is 496 g/mol. The van der Waals surface area contributed by atoms with Gasteiger partial charge in [-0.1, -0.05) is 62.8 Å². The number of nitrogens with one attached hydrogen (secondary N) is 2. The van der Waals surface area contributed by atoms with Crippen LogP contribution in [0.15, 0.2) is 51.3 Å². The molecule has 144 valence electrons. The molecular weight excluding hydrogens is 484 g/mol. The van der Waals surface area contributed by atoms with E-state index in [1.807, 2.05) is 31.2 Å². The molecule has 0 radical (unpaired) electrons. The highest BCUT2D eigenvalue weighted by molar-refractivity contribution is 9.10. The van der Waals surface area contributed by atoms with Gasteiger partial charge in [-0.25, -0.2) is 0 Å². The van der Waals surface area contributed by atoms with Crippen molar-refractivity contribution in [1.82, 2.24) is 10.2 Å². The van der Waals surface area contributed by atoms with E-state index in [9.17, 15) is 9.59 Å². The van der Waals surface area contributed by atoms with Crippen LogP contribution < -0.4 is 10.6 Å². The van der Waals surface area contributed by atoms with Gasteiger partial charge in [0, 0.05) is 10.2 Å². The van der Waals surface area contributed by atoms with Crippen LogP contribution in [0, 0.1) is 6.92 Å². The van der Waals surface area contributed by atoms with Crippen LogP contribution in [-0.2, 0) is 4.79 Å². The highest BCUT2D eigenvalue weighted by Crippen LogP contribution is 2.27. The number of nitrogens with zero attached hydrogens (tertiary/aromatic N) is 2. The van der Waals surface area contributed by atoms with Gasteiger partial charge in [-0.3, -0.25) is 14.9 Å². The Morgan fingerprint density at radius 3 is 2.79 bits per heavy atom. The zero-order valence-corrected chi connectivity index (χ0v) is 18.5. The quantitative estimate of drug-likeness (QED) is 0.359. The average Bonchev–Trinajstić information content (AvgIpc) is 3.09. The molecule has 0 aliphatic rings. The van der Waals surface area contributed by atoms with E-state index < -0.39 is 0 Å². The molecule has 0 spiro atoms. The van der Waals surface area contributed by atoms with Gasteiger partial charge >= 0.3 is 0 Å². The summed E-state index contributed by atoms with van der Waals surface area (Å²) in [6.45, 7) is 1.96. The second-order valence-electron chi connectivity index (χ2n) is 5.66. The number of rotatable bonds is 6. The van der Waals surface area contributed by atoms with Crippen molar-refractivity contribution >= 4 is 73.3 Å². The Kier molecular flexibility index (Phi) is 7.06. The molecule has 0 unspecified atom stereocenters. The van der Waals surface area contributed by atoms with Gasteiger partial charge in [-0.2, -0.15) is 0 Å². The van der Waals surface area contributed by atoms with Crippen molar-refractivity contribution in [3.05, 3.63) is 63.1 Å². The predicted molar refractivity (Wildman–Crippen MR) is 118 cm³/mol. The van der Waals surface area contributed by atoms with E-state index in [2.05, 4.69) is 36.8 Å². The van der Waals surface area contributed by atoms with Gasteiger partial charge in [0.2, 0.25) is 11.0 Å². The lowest BCUT2D eigenvalue weighted by Crippen LogP contribution is -2.13. The molecule has 0 atom stereocenters. The number of aromatic nitrogens is 2. The van der Waals surface area contributed by atoms with E-state index in [1.54, 1.807) is 18.2 Å². The Labute approximate surface area is 183 Å². The Bertz CT molecular complexity index is 1030. The lowest BCUT2D eigenvalue weighted by molar-refractivity contribution is -0.113. The van der Waals surface area contributed by atoms with Crippen molar-refractivity contribution < 1.29 is 9.59 Å². The van der Waals surface area contributed by atoms with Crippen molar-refractivity contribution in [2.75, 3.05) is 16.4 Å². The predicted octanol–water partition coefficient (Wildman–Crippen LogP) is 5.25. The molecule has 0 bridgehead atoms. The van der Waals surface area contributed by atoms with E-state index in [0.29, 0.717) is 20.1 Å². The number of thioether (sulfide) groups is 1. The number of halogens is 2. The Morgan fingerprint density at radius 1 is 1.18 bits per heavy atom. The summed E-state index contributed by atoms with van der Waals surface area (Å²) in [5.74, 6) is -0.331. The molecule has 0 saturated heterocycles. The Balaban J connectivity index is 1.54. The van der Waals surface area contributed by atoms with Crippen LogP contribution in [0.3, 0.4) is 0 Å². The number of hydrogen-bond acceptors (Lipinski definition) is 6. The summed E-state index contributed by atoms with van der Waals surface area (Å²) in [5, 5.41) is 14.1. The summed E-state index contributed by atoms with van der Waals surface area (Å²) in [6.07, 6.45) is 0. The number of amides is 2. The topological polar surface area (TPSA) is 84.0 Å². The lowest BCUT2D eigenvalue weighted by Gasteiger charge is -2.04. The second kappa shape index (κ2) is 9.51. The highest BCUT2D eigenvalue weighted by atomic mass is 79.9. The van der Waals surface area contributed by atoms with Gasteiger partial charge in [0.05, 0.1) is 16.3 Å². The van der Waals surface area contributed by atoms with E-state index >= 15 is 0 Å². The van der Waals surface area contributed by atoms with Gasteiger partial charge in [-0.05, 0) is 42.8 Å². The standard InChI is InChI=1S/C18H14BrClN4O2S2/c1-10-3-2-4-12(7-10)21-15(25)9-27-18-24-23-17(28-18)22-16(26)13-8-11(19)5-6-14(13)20/h2-8H,9H2,1H3,(H,21,25)(H,22,23,26). The van der Waals surface area contributed by atoms with Crippen molar-refractivity contribution in [2.45, 2.75) is 11.3 Å². The molecule has 1 aromatic heterocycles. The molecule has 0 fully saturated rings. The van der Waals surface area contributed by atoms with Gasteiger partial charge in [-0.15, -0.1) is 10.2 Å². The van der Waals surface area contributed by atoms with Crippen LogP contribution in [0.1, 0.15) is 15.9 Å². The van der Waals surface area contributed by atoms with Gasteiger partial charge in [0.15, 0.2) is 4.34 Å². The first-order valence-corrected chi connectivity index (χ1v) is 11.0. The lowest BCUT2D eigenvalue weighted by atomic mass is 10.2. The zero-order chi connectivity index (χ0) is 20.1. The highest BCUT2D eigenvalue weighted by Gasteiger charge is 2.14. The molecule has 6 nitrogen and oxygen atoms in total. The maximum absolute atomic E-state index is 12.3. The molecular formula is C18H14BrClN4O2S2. The molecule has 1 heterocycles. The summed E-state index contributed by atoms with van der Waals surface area (Å²) in [5.41, 5.74) is 2.15. The molecule has 3 aromatic rings. The number of carbonyl (C=O) groups is 2. The molecule has 0 aliphatic carbocycles. The maximum Gasteiger partial charge on any atom is 0.259 e. The van der Waals surface area contributed by atoms with Crippen molar-refractivity contribution in [2.24, 2.45) is 0 Å². The fourth-order valence-electron chi connectivity index (χ4n) is 2.20. The normalized spacial score (nSPS) is 10.5. The van der Waals surface area contributed by atoms with E-state index in [-0.39, 0.29) is 17.6 Å². The van der Waals surface area contributed by atoms with Crippen molar-refractivity contribution in [1.29, 1.82) is 0 Å². The zero-order valence-electron chi connectivity index (χ0n) is 14.5. The molecule has 2 aromatic carbocycles.